The lowest BCUT2D eigenvalue weighted by Crippen LogP contribution is -2.01. The molecule has 0 aliphatic carbocycles. The lowest BCUT2D eigenvalue weighted by atomic mass is 10.2. The molecule has 0 aliphatic rings. The highest BCUT2D eigenvalue weighted by atomic mass is 19.1. The molecule has 0 radical (unpaired) electrons. The number of nitrogens with zero attached hydrogens (tertiary/aromatic N) is 2. The maximum Gasteiger partial charge on any atom is 0.270 e. The van der Waals surface area contributed by atoms with Crippen LogP contribution in [-0.2, 0) is 6.61 Å². The van der Waals surface area contributed by atoms with Crippen LogP contribution < -0.4 is 4.74 Å². The zero-order valence-electron chi connectivity index (χ0n) is 10.8. The summed E-state index contributed by atoms with van der Waals surface area (Å²) >= 11 is 0. The molecule has 2 aromatic carbocycles. The minimum Gasteiger partial charge on any atom is -0.488 e. The fraction of sp³-hybridized carbons (Fsp3) is 0.0714. The summed E-state index contributed by atoms with van der Waals surface area (Å²) in [6, 6.07) is 9.95. The van der Waals surface area contributed by atoms with Crippen molar-refractivity contribution < 1.29 is 19.3 Å². The molecule has 0 amide bonds. The van der Waals surface area contributed by atoms with E-state index in [4.69, 9.17) is 9.94 Å². The number of oxime groups is 1. The summed E-state index contributed by atoms with van der Waals surface area (Å²) in [6.45, 7) is -0.0449. The third-order valence-corrected chi connectivity index (χ3v) is 2.74. The van der Waals surface area contributed by atoms with Crippen molar-refractivity contribution in [2.75, 3.05) is 0 Å². The summed E-state index contributed by atoms with van der Waals surface area (Å²) < 4.78 is 18.9. The average Bonchev–Trinajstić information content (AvgIpc) is 2.47. The Hall–Kier alpha value is -2.96. The minimum absolute atomic E-state index is 0.0449. The quantitative estimate of drug-likeness (QED) is 0.397. The second-order valence-electron chi connectivity index (χ2n) is 4.10. The van der Waals surface area contributed by atoms with E-state index in [1.54, 1.807) is 18.2 Å². The molecule has 0 unspecified atom stereocenters. The zero-order valence-corrected chi connectivity index (χ0v) is 10.8. The normalized spacial score (nSPS) is 10.7. The van der Waals surface area contributed by atoms with E-state index in [9.17, 15) is 14.5 Å². The minimum atomic E-state index is -0.574. The molecule has 0 bridgehead atoms. The fourth-order valence-corrected chi connectivity index (χ4v) is 1.71. The largest absolute Gasteiger partial charge is 0.488 e. The Morgan fingerprint density at radius 2 is 2.10 bits per heavy atom. The van der Waals surface area contributed by atoms with E-state index < -0.39 is 10.7 Å². The first kappa shape index (κ1) is 14.4. The van der Waals surface area contributed by atoms with Crippen LogP contribution in [0.1, 0.15) is 11.1 Å². The molecule has 6 nitrogen and oxygen atoms in total. The summed E-state index contributed by atoms with van der Waals surface area (Å²) in [5, 5.41) is 22.1. The SMILES string of the molecule is O=[N+]([O-])c1ccc(OCc2ccccc2F)c(/C=N/O)c1. The Kier molecular flexibility index (Phi) is 4.45. The van der Waals surface area contributed by atoms with Crippen molar-refractivity contribution in [1.82, 2.24) is 0 Å². The Morgan fingerprint density at radius 1 is 1.33 bits per heavy atom. The van der Waals surface area contributed by atoms with Crippen molar-refractivity contribution in [2.45, 2.75) is 6.61 Å². The van der Waals surface area contributed by atoms with Crippen LogP contribution >= 0.6 is 0 Å². The molecule has 0 spiro atoms. The first-order chi connectivity index (χ1) is 10.1. The van der Waals surface area contributed by atoms with Gasteiger partial charge in [0, 0.05) is 23.3 Å². The van der Waals surface area contributed by atoms with Crippen LogP contribution in [0.2, 0.25) is 0 Å². The van der Waals surface area contributed by atoms with Gasteiger partial charge in [0.25, 0.3) is 5.69 Å². The number of halogens is 1. The topological polar surface area (TPSA) is 85.0 Å². The summed E-state index contributed by atoms with van der Waals surface area (Å²) in [4.78, 5) is 10.1. The van der Waals surface area contributed by atoms with Gasteiger partial charge < -0.3 is 9.94 Å². The predicted molar refractivity (Wildman–Crippen MR) is 73.2 cm³/mol. The van der Waals surface area contributed by atoms with E-state index in [0.29, 0.717) is 5.56 Å². The van der Waals surface area contributed by atoms with Crippen molar-refractivity contribution in [2.24, 2.45) is 5.16 Å². The van der Waals surface area contributed by atoms with Crippen molar-refractivity contribution in [3.63, 3.8) is 0 Å². The smallest absolute Gasteiger partial charge is 0.270 e. The van der Waals surface area contributed by atoms with Gasteiger partial charge in [0.2, 0.25) is 0 Å². The highest BCUT2D eigenvalue weighted by Crippen LogP contribution is 2.24. The standard InChI is InChI=1S/C14H11FN2O4/c15-13-4-2-1-3-10(13)9-21-14-6-5-12(17(19)20)7-11(14)8-16-18/h1-8,18H,9H2/b16-8+. The van der Waals surface area contributed by atoms with Crippen LogP contribution in [0, 0.1) is 15.9 Å². The van der Waals surface area contributed by atoms with Gasteiger partial charge in [-0.05, 0) is 12.1 Å². The van der Waals surface area contributed by atoms with E-state index in [-0.39, 0.29) is 23.6 Å². The molecule has 2 rings (SSSR count). The molecule has 21 heavy (non-hydrogen) atoms. The molecule has 0 aromatic heterocycles. The van der Waals surface area contributed by atoms with Crippen LogP contribution in [0.3, 0.4) is 0 Å². The predicted octanol–water partition coefficient (Wildman–Crippen LogP) is 3.12. The number of non-ortho nitro benzene ring substituents is 1. The van der Waals surface area contributed by atoms with Gasteiger partial charge in [0.15, 0.2) is 0 Å². The number of benzene rings is 2. The highest BCUT2D eigenvalue weighted by Gasteiger charge is 2.11. The van der Waals surface area contributed by atoms with Crippen molar-refractivity contribution >= 4 is 11.9 Å². The maximum absolute atomic E-state index is 13.5. The Labute approximate surface area is 119 Å². The van der Waals surface area contributed by atoms with E-state index in [2.05, 4.69) is 5.16 Å². The summed E-state index contributed by atoms with van der Waals surface area (Å²) in [6.07, 6.45) is 1.02. The van der Waals surface area contributed by atoms with Crippen LogP contribution in [0.25, 0.3) is 0 Å². The third kappa shape index (κ3) is 3.53. The number of nitro benzene ring substituents is 1. The number of ether oxygens (including phenoxy) is 1. The van der Waals surface area contributed by atoms with E-state index in [0.717, 1.165) is 6.21 Å². The highest BCUT2D eigenvalue weighted by molar-refractivity contribution is 5.84. The number of nitro groups is 1. The molecule has 1 N–H and O–H groups in total. The molecule has 0 heterocycles. The second-order valence-corrected chi connectivity index (χ2v) is 4.10. The molecule has 0 fully saturated rings. The van der Waals surface area contributed by atoms with Gasteiger partial charge in [0.05, 0.1) is 11.1 Å². The molecule has 7 heteroatoms. The van der Waals surface area contributed by atoms with Gasteiger partial charge in [-0.1, -0.05) is 23.4 Å². The first-order valence-corrected chi connectivity index (χ1v) is 5.94. The third-order valence-electron chi connectivity index (χ3n) is 2.74. The molecule has 0 saturated heterocycles. The maximum atomic E-state index is 13.5. The van der Waals surface area contributed by atoms with E-state index in [1.165, 1.54) is 24.3 Å². The van der Waals surface area contributed by atoms with Gasteiger partial charge in [0.1, 0.15) is 18.2 Å². The summed E-state index contributed by atoms with van der Waals surface area (Å²) in [5.41, 5.74) is 0.411. The number of hydrogen-bond donors (Lipinski definition) is 1. The average molecular weight is 290 g/mol. The van der Waals surface area contributed by atoms with Gasteiger partial charge in [-0.25, -0.2) is 4.39 Å². The van der Waals surface area contributed by atoms with Crippen molar-refractivity contribution in [1.29, 1.82) is 0 Å². The molecular formula is C14H11FN2O4. The van der Waals surface area contributed by atoms with Crippen molar-refractivity contribution in [3.8, 4) is 5.75 Å². The molecule has 0 saturated carbocycles. The lowest BCUT2D eigenvalue weighted by molar-refractivity contribution is -0.384. The number of hydrogen-bond acceptors (Lipinski definition) is 5. The fourth-order valence-electron chi connectivity index (χ4n) is 1.71. The monoisotopic (exact) mass is 290 g/mol. The number of rotatable bonds is 5. The zero-order chi connectivity index (χ0) is 15.2. The van der Waals surface area contributed by atoms with Crippen LogP contribution in [-0.4, -0.2) is 16.3 Å². The van der Waals surface area contributed by atoms with Gasteiger partial charge in [-0.3, -0.25) is 10.1 Å². The van der Waals surface area contributed by atoms with Crippen molar-refractivity contribution in [3.05, 3.63) is 69.5 Å². The Bertz CT molecular complexity index is 688. The van der Waals surface area contributed by atoms with Crippen LogP contribution in [0.4, 0.5) is 10.1 Å². The first-order valence-electron chi connectivity index (χ1n) is 5.94. The molecule has 0 aliphatic heterocycles. The molecule has 2 aromatic rings. The van der Waals surface area contributed by atoms with Crippen LogP contribution in [0.15, 0.2) is 47.6 Å². The van der Waals surface area contributed by atoms with Gasteiger partial charge in [-0.15, -0.1) is 0 Å². The second kappa shape index (κ2) is 6.47. The Morgan fingerprint density at radius 3 is 2.76 bits per heavy atom. The Balaban J connectivity index is 2.23. The van der Waals surface area contributed by atoms with Gasteiger partial charge >= 0.3 is 0 Å². The molecule has 0 atom stereocenters. The van der Waals surface area contributed by atoms with Crippen LogP contribution in [0.5, 0.6) is 5.75 Å². The summed E-state index contributed by atoms with van der Waals surface area (Å²) in [7, 11) is 0. The lowest BCUT2D eigenvalue weighted by Gasteiger charge is -2.09. The van der Waals surface area contributed by atoms with E-state index >= 15 is 0 Å². The van der Waals surface area contributed by atoms with E-state index in [1.807, 2.05) is 0 Å². The molecule has 108 valence electrons. The van der Waals surface area contributed by atoms with Gasteiger partial charge in [-0.2, -0.15) is 0 Å². The summed E-state index contributed by atoms with van der Waals surface area (Å²) in [5.74, 6) is -0.154. The molecular weight excluding hydrogens is 279 g/mol.